The summed E-state index contributed by atoms with van der Waals surface area (Å²) in [6, 6.07) is 0. The van der Waals surface area contributed by atoms with Gasteiger partial charge in [-0.2, -0.15) is 0 Å². The van der Waals surface area contributed by atoms with Crippen LogP contribution in [-0.4, -0.2) is 11.1 Å². The third-order valence-electron chi connectivity index (χ3n) is 3.79. The zero-order valence-corrected chi connectivity index (χ0v) is 8.52. The van der Waals surface area contributed by atoms with Gasteiger partial charge in [-0.3, -0.25) is 4.79 Å². The third-order valence-corrected chi connectivity index (χ3v) is 3.79. The minimum atomic E-state index is -0.633. The lowest BCUT2D eigenvalue weighted by Gasteiger charge is -2.15. The molecule has 0 saturated heterocycles. The molecule has 3 unspecified atom stereocenters. The summed E-state index contributed by atoms with van der Waals surface area (Å²) in [6.07, 6.45) is 11.8. The number of fused-ring (bicyclic) bond motifs is 2. The highest BCUT2D eigenvalue weighted by Gasteiger charge is 2.52. The van der Waals surface area contributed by atoms with Gasteiger partial charge in [0.1, 0.15) is 0 Å². The lowest BCUT2D eigenvalue weighted by molar-refractivity contribution is -0.138. The van der Waals surface area contributed by atoms with Crippen LogP contribution in [0.5, 0.6) is 0 Å². The number of hydrogen-bond donors (Lipinski definition) is 1. The molecule has 3 rings (SSSR count). The highest BCUT2D eigenvalue weighted by atomic mass is 16.4. The van der Waals surface area contributed by atoms with E-state index in [4.69, 9.17) is 5.11 Å². The predicted octanol–water partition coefficient (Wildman–Crippen LogP) is 2.54. The molecule has 0 aromatic carbocycles. The standard InChI is InChI=1S/C13H14O2/c14-13(15)12-10-7-3-5-8-4-1-2-6-9(8)11(10)12/h1-2,4,6,8,10,12H,3,5,7H2,(H,14,15). The molecule has 0 aromatic rings. The maximum absolute atomic E-state index is 11.0. The van der Waals surface area contributed by atoms with Crippen molar-refractivity contribution in [2.45, 2.75) is 19.3 Å². The Morgan fingerprint density at radius 3 is 3.00 bits per heavy atom. The molecule has 1 saturated carbocycles. The number of carboxylic acids is 1. The van der Waals surface area contributed by atoms with Gasteiger partial charge < -0.3 is 5.11 Å². The molecule has 0 aromatic heterocycles. The van der Waals surface area contributed by atoms with Crippen molar-refractivity contribution < 1.29 is 9.90 Å². The molecule has 2 nitrogen and oxygen atoms in total. The molecular weight excluding hydrogens is 188 g/mol. The first-order chi connectivity index (χ1) is 7.29. The van der Waals surface area contributed by atoms with E-state index in [0.29, 0.717) is 11.8 Å². The Morgan fingerprint density at radius 2 is 2.20 bits per heavy atom. The quantitative estimate of drug-likeness (QED) is 0.709. The van der Waals surface area contributed by atoms with E-state index < -0.39 is 5.97 Å². The molecule has 3 atom stereocenters. The van der Waals surface area contributed by atoms with Gasteiger partial charge in [0, 0.05) is 5.92 Å². The summed E-state index contributed by atoms with van der Waals surface area (Å²) in [5.74, 6) is 0.0306. The largest absolute Gasteiger partial charge is 0.481 e. The van der Waals surface area contributed by atoms with Crippen molar-refractivity contribution in [1.29, 1.82) is 0 Å². The molecule has 2 heteroatoms. The van der Waals surface area contributed by atoms with Gasteiger partial charge >= 0.3 is 5.97 Å². The summed E-state index contributed by atoms with van der Waals surface area (Å²) in [5.41, 5.74) is 2.51. The molecule has 0 spiro atoms. The number of carboxylic acid groups (broad SMARTS) is 1. The molecule has 78 valence electrons. The Hall–Kier alpha value is -1.31. The Labute approximate surface area is 89.0 Å². The monoisotopic (exact) mass is 202 g/mol. The molecule has 0 heterocycles. The van der Waals surface area contributed by atoms with Gasteiger partial charge in [-0.25, -0.2) is 0 Å². The van der Waals surface area contributed by atoms with Crippen LogP contribution in [0.3, 0.4) is 0 Å². The van der Waals surface area contributed by atoms with Crippen LogP contribution in [-0.2, 0) is 4.79 Å². The normalized spacial score (nSPS) is 36.9. The van der Waals surface area contributed by atoms with Gasteiger partial charge in [-0.1, -0.05) is 30.7 Å². The maximum atomic E-state index is 11.0. The van der Waals surface area contributed by atoms with Crippen LogP contribution in [0.4, 0.5) is 0 Å². The fourth-order valence-electron chi connectivity index (χ4n) is 3.04. The van der Waals surface area contributed by atoms with Gasteiger partial charge in [0.2, 0.25) is 0 Å². The van der Waals surface area contributed by atoms with Crippen molar-refractivity contribution in [3.05, 3.63) is 35.5 Å². The molecule has 3 aliphatic carbocycles. The van der Waals surface area contributed by atoms with Crippen LogP contribution in [0.25, 0.3) is 0 Å². The minimum Gasteiger partial charge on any atom is -0.481 e. The molecule has 15 heavy (non-hydrogen) atoms. The van der Waals surface area contributed by atoms with E-state index in [9.17, 15) is 4.79 Å². The van der Waals surface area contributed by atoms with Crippen molar-refractivity contribution in [1.82, 2.24) is 0 Å². The predicted molar refractivity (Wildman–Crippen MR) is 57.3 cm³/mol. The smallest absolute Gasteiger partial charge is 0.311 e. The van der Waals surface area contributed by atoms with Gasteiger partial charge in [0.05, 0.1) is 5.92 Å². The van der Waals surface area contributed by atoms with Crippen LogP contribution in [0.15, 0.2) is 35.5 Å². The van der Waals surface area contributed by atoms with Crippen molar-refractivity contribution in [3.63, 3.8) is 0 Å². The van der Waals surface area contributed by atoms with E-state index in [-0.39, 0.29) is 5.92 Å². The first-order valence-electron chi connectivity index (χ1n) is 5.60. The lowest BCUT2D eigenvalue weighted by atomic mass is 9.90. The fraction of sp³-hybridized carbons (Fsp3) is 0.462. The van der Waals surface area contributed by atoms with Crippen LogP contribution < -0.4 is 0 Å². The summed E-state index contributed by atoms with van der Waals surface area (Å²) < 4.78 is 0. The number of rotatable bonds is 1. The Kier molecular flexibility index (Phi) is 1.84. The summed E-state index contributed by atoms with van der Waals surface area (Å²) in [6.45, 7) is 0. The third kappa shape index (κ3) is 1.28. The summed E-state index contributed by atoms with van der Waals surface area (Å²) in [5, 5.41) is 9.09. The second-order valence-corrected chi connectivity index (χ2v) is 4.61. The molecule has 0 aliphatic heterocycles. The van der Waals surface area contributed by atoms with E-state index in [0.717, 1.165) is 12.8 Å². The Bertz CT molecular complexity index is 401. The van der Waals surface area contributed by atoms with Gasteiger partial charge in [-0.15, -0.1) is 0 Å². The summed E-state index contributed by atoms with van der Waals surface area (Å²) in [7, 11) is 0. The first-order valence-corrected chi connectivity index (χ1v) is 5.60. The molecule has 0 amide bonds. The van der Waals surface area contributed by atoms with Gasteiger partial charge in [-0.05, 0) is 29.9 Å². The summed E-state index contributed by atoms with van der Waals surface area (Å²) in [4.78, 5) is 11.0. The number of carbonyl (C=O) groups is 1. The average molecular weight is 202 g/mol. The van der Waals surface area contributed by atoms with Crippen molar-refractivity contribution in [2.75, 3.05) is 0 Å². The molecular formula is C13H14O2. The van der Waals surface area contributed by atoms with Crippen LogP contribution in [0.1, 0.15) is 19.3 Å². The van der Waals surface area contributed by atoms with Crippen LogP contribution >= 0.6 is 0 Å². The zero-order chi connectivity index (χ0) is 10.4. The van der Waals surface area contributed by atoms with E-state index in [1.54, 1.807) is 0 Å². The van der Waals surface area contributed by atoms with Crippen LogP contribution in [0, 0.1) is 17.8 Å². The number of hydrogen-bond acceptors (Lipinski definition) is 1. The fourth-order valence-corrected chi connectivity index (χ4v) is 3.04. The van der Waals surface area contributed by atoms with Crippen molar-refractivity contribution in [3.8, 4) is 0 Å². The highest BCUT2D eigenvalue weighted by molar-refractivity contribution is 5.81. The van der Waals surface area contributed by atoms with Gasteiger partial charge in [0.25, 0.3) is 0 Å². The van der Waals surface area contributed by atoms with E-state index in [1.165, 1.54) is 17.6 Å². The first kappa shape index (κ1) is 8.96. The van der Waals surface area contributed by atoms with Crippen LogP contribution in [0.2, 0.25) is 0 Å². The molecule has 0 radical (unpaired) electrons. The topological polar surface area (TPSA) is 37.3 Å². The SMILES string of the molecule is O=C(O)C1C2=C3C=CC=CC3CCCC21. The van der Waals surface area contributed by atoms with E-state index in [2.05, 4.69) is 18.2 Å². The molecule has 0 bridgehead atoms. The Morgan fingerprint density at radius 1 is 1.33 bits per heavy atom. The second kappa shape index (κ2) is 3.09. The molecule has 1 fully saturated rings. The van der Waals surface area contributed by atoms with Crippen molar-refractivity contribution in [2.24, 2.45) is 17.8 Å². The summed E-state index contributed by atoms with van der Waals surface area (Å²) >= 11 is 0. The second-order valence-electron chi connectivity index (χ2n) is 4.61. The van der Waals surface area contributed by atoms with Gasteiger partial charge in [0.15, 0.2) is 0 Å². The molecule has 3 aliphatic rings. The number of allylic oxidation sites excluding steroid dienone is 5. The lowest BCUT2D eigenvalue weighted by Crippen LogP contribution is -2.05. The van der Waals surface area contributed by atoms with E-state index in [1.807, 2.05) is 6.08 Å². The highest BCUT2D eigenvalue weighted by Crippen LogP contribution is 2.55. The van der Waals surface area contributed by atoms with E-state index >= 15 is 0 Å². The Balaban J connectivity index is 2.01. The maximum Gasteiger partial charge on any atom is 0.311 e. The zero-order valence-electron chi connectivity index (χ0n) is 8.52. The molecule has 1 N–H and O–H groups in total. The van der Waals surface area contributed by atoms with Crippen molar-refractivity contribution >= 4 is 5.97 Å². The minimum absolute atomic E-state index is 0.168. The average Bonchev–Trinajstić information content (AvgIpc) is 2.92. The number of aliphatic carboxylic acids is 1.